The molecule has 1 fully saturated rings. The summed E-state index contributed by atoms with van der Waals surface area (Å²) in [5.74, 6) is 0.251. The molecule has 2 amide bonds. The number of hydrogen-bond acceptors (Lipinski definition) is 4. The molecule has 1 N–H and O–H groups in total. The molecule has 0 saturated carbocycles. The first-order chi connectivity index (χ1) is 12.7. The number of rotatable bonds is 4. The largest absolute Gasteiger partial charge is 0.352 e. The molecule has 1 saturated heterocycles. The lowest BCUT2D eigenvalue weighted by atomic mass is 9.87. The second-order valence-corrected chi connectivity index (χ2v) is 8.21. The van der Waals surface area contributed by atoms with Crippen LogP contribution in [0.3, 0.4) is 0 Å². The van der Waals surface area contributed by atoms with Crippen LogP contribution < -0.4 is 5.32 Å². The van der Waals surface area contributed by atoms with Crippen molar-refractivity contribution in [2.24, 2.45) is 5.92 Å². The molecule has 1 atom stereocenters. The topological polar surface area (TPSA) is 62.3 Å². The predicted molar refractivity (Wildman–Crippen MR) is 101 cm³/mol. The van der Waals surface area contributed by atoms with Gasteiger partial charge in [0.05, 0.1) is 4.88 Å². The number of amides is 2. The average molecular weight is 369 g/mol. The molecule has 4 rings (SSSR count). The van der Waals surface area contributed by atoms with Crippen LogP contribution in [0.2, 0.25) is 0 Å². The van der Waals surface area contributed by atoms with Gasteiger partial charge in [-0.25, -0.2) is 0 Å². The van der Waals surface area contributed by atoms with Crippen molar-refractivity contribution in [2.45, 2.75) is 38.6 Å². The van der Waals surface area contributed by atoms with E-state index in [1.165, 1.54) is 10.4 Å². The maximum atomic E-state index is 12.6. The van der Waals surface area contributed by atoms with Gasteiger partial charge >= 0.3 is 0 Å². The second-order valence-electron chi connectivity index (χ2n) is 7.08. The van der Waals surface area contributed by atoms with Crippen molar-refractivity contribution in [3.05, 3.63) is 51.5 Å². The van der Waals surface area contributed by atoms with Crippen LogP contribution in [0.15, 0.2) is 30.6 Å². The second kappa shape index (κ2) is 7.58. The monoisotopic (exact) mass is 369 g/mol. The fraction of sp³-hybridized carbons (Fsp3) is 0.450. The quantitative estimate of drug-likeness (QED) is 0.901. The van der Waals surface area contributed by atoms with Gasteiger partial charge in [-0.15, -0.1) is 11.3 Å². The van der Waals surface area contributed by atoms with Crippen molar-refractivity contribution in [3.63, 3.8) is 0 Å². The Hall–Kier alpha value is -2.21. The molecular formula is C20H23N3O2S. The van der Waals surface area contributed by atoms with Crippen LogP contribution in [0.25, 0.3) is 0 Å². The Balaban J connectivity index is 1.38. The van der Waals surface area contributed by atoms with Crippen LogP contribution >= 0.6 is 11.3 Å². The number of aromatic nitrogens is 1. The molecule has 1 aliphatic carbocycles. The van der Waals surface area contributed by atoms with Crippen molar-refractivity contribution in [1.29, 1.82) is 0 Å². The van der Waals surface area contributed by atoms with E-state index in [1.807, 2.05) is 23.1 Å². The fourth-order valence-electron chi connectivity index (χ4n) is 3.77. The first kappa shape index (κ1) is 17.2. The SMILES string of the molecule is O=C(NCc1cccnc1)[C@H]1CCc2sc(C(=O)N3CCCC3)cc2C1. The highest BCUT2D eigenvalue weighted by atomic mass is 32.1. The van der Waals surface area contributed by atoms with Crippen LogP contribution in [0, 0.1) is 5.92 Å². The molecule has 26 heavy (non-hydrogen) atoms. The van der Waals surface area contributed by atoms with Crippen molar-refractivity contribution in [2.75, 3.05) is 13.1 Å². The molecule has 2 aromatic heterocycles. The fourth-order valence-corrected chi connectivity index (χ4v) is 4.94. The Morgan fingerprint density at radius 2 is 2.15 bits per heavy atom. The van der Waals surface area contributed by atoms with E-state index in [2.05, 4.69) is 10.3 Å². The minimum Gasteiger partial charge on any atom is -0.352 e. The summed E-state index contributed by atoms with van der Waals surface area (Å²) in [5.41, 5.74) is 2.19. The Morgan fingerprint density at radius 1 is 1.31 bits per heavy atom. The molecule has 0 radical (unpaired) electrons. The zero-order chi connectivity index (χ0) is 17.9. The van der Waals surface area contributed by atoms with Gasteiger partial charge in [-0.3, -0.25) is 14.6 Å². The first-order valence-corrected chi connectivity index (χ1v) is 10.1. The number of nitrogens with zero attached hydrogens (tertiary/aromatic N) is 2. The van der Waals surface area contributed by atoms with Gasteiger partial charge < -0.3 is 10.2 Å². The van der Waals surface area contributed by atoms with Crippen LogP contribution in [0.5, 0.6) is 0 Å². The van der Waals surface area contributed by atoms with Crippen molar-refractivity contribution >= 4 is 23.2 Å². The summed E-state index contributed by atoms with van der Waals surface area (Å²) in [4.78, 5) is 33.3. The summed E-state index contributed by atoms with van der Waals surface area (Å²) in [6, 6.07) is 5.86. The maximum absolute atomic E-state index is 12.6. The van der Waals surface area contributed by atoms with Crippen molar-refractivity contribution < 1.29 is 9.59 Å². The molecule has 2 aromatic rings. The summed E-state index contributed by atoms with van der Waals surface area (Å²) in [6.07, 6.45) is 8.19. The van der Waals surface area contributed by atoms with Gasteiger partial charge in [0.2, 0.25) is 5.91 Å². The Morgan fingerprint density at radius 3 is 2.92 bits per heavy atom. The average Bonchev–Trinajstić information content (AvgIpc) is 3.35. The zero-order valence-corrected chi connectivity index (χ0v) is 15.6. The van der Waals surface area contributed by atoms with Crippen LogP contribution in [0.1, 0.15) is 44.9 Å². The lowest BCUT2D eigenvalue weighted by Crippen LogP contribution is -2.33. The van der Waals surface area contributed by atoms with Gasteiger partial charge in [-0.1, -0.05) is 6.07 Å². The van der Waals surface area contributed by atoms with Crippen molar-refractivity contribution in [3.8, 4) is 0 Å². The number of carbonyl (C=O) groups is 2. The third-order valence-electron chi connectivity index (χ3n) is 5.25. The summed E-state index contributed by atoms with van der Waals surface area (Å²) >= 11 is 1.62. The molecule has 2 aliphatic rings. The number of thiophene rings is 1. The smallest absolute Gasteiger partial charge is 0.263 e. The van der Waals surface area contributed by atoms with Crippen LogP contribution in [0.4, 0.5) is 0 Å². The normalized spacial score (nSPS) is 19.2. The van der Waals surface area contributed by atoms with E-state index in [4.69, 9.17) is 0 Å². The number of nitrogens with one attached hydrogen (secondary N) is 1. The number of aryl methyl sites for hydroxylation is 1. The number of pyridine rings is 1. The minimum atomic E-state index is -0.0106. The number of hydrogen-bond donors (Lipinski definition) is 1. The predicted octanol–water partition coefficient (Wildman–Crippen LogP) is 2.80. The maximum Gasteiger partial charge on any atom is 0.263 e. The number of carbonyl (C=O) groups excluding carboxylic acids is 2. The third-order valence-corrected chi connectivity index (χ3v) is 6.47. The molecule has 0 unspecified atom stereocenters. The van der Waals surface area contributed by atoms with E-state index in [-0.39, 0.29) is 17.7 Å². The highest BCUT2D eigenvalue weighted by Crippen LogP contribution is 2.33. The molecule has 6 heteroatoms. The Kier molecular flexibility index (Phi) is 5.02. The van der Waals surface area contributed by atoms with Gasteiger partial charge in [0.1, 0.15) is 0 Å². The molecule has 3 heterocycles. The molecule has 1 aliphatic heterocycles. The van der Waals surface area contributed by atoms with Gasteiger partial charge in [-0.2, -0.15) is 0 Å². The van der Waals surface area contributed by atoms with E-state index in [9.17, 15) is 9.59 Å². The summed E-state index contributed by atoms with van der Waals surface area (Å²) < 4.78 is 0. The summed E-state index contributed by atoms with van der Waals surface area (Å²) in [7, 11) is 0. The summed E-state index contributed by atoms with van der Waals surface area (Å²) in [6.45, 7) is 2.26. The van der Waals surface area contributed by atoms with Gasteiger partial charge in [0.25, 0.3) is 5.91 Å². The van der Waals surface area contributed by atoms with E-state index in [0.717, 1.165) is 55.6 Å². The first-order valence-electron chi connectivity index (χ1n) is 9.28. The lowest BCUT2D eigenvalue weighted by molar-refractivity contribution is -0.125. The third kappa shape index (κ3) is 3.65. The van der Waals surface area contributed by atoms with Crippen molar-refractivity contribution in [1.82, 2.24) is 15.2 Å². The highest BCUT2D eigenvalue weighted by Gasteiger charge is 2.29. The Labute approximate surface area is 157 Å². The molecule has 5 nitrogen and oxygen atoms in total. The minimum absolute atomic E-state index is 0.0106. The number of fused-ring (bicyclic) bond motifs is 1. The zero-order valence-electron chi connectivity index (χ0n) is 14.7. The van der Waals surface area contributed by atoms with E-state index in [1.54, 1.807) is 23.7 Å². The molecule has 0 aromatic carbocycles. The standard InChI is InChI=1S/C20H23N3O2S/c24-19(22-13-14-4-3-7-21-12-14)15-5-6-17-16(10-15)11-18(26-17)20(25)23-8-1-2-9-23/h3-4,7,11-12,15H,1-2,5-6,8-10,13H2,(H,22,24)/t15-/m0/s1. The van der Waals surface area contributed by atoms with E-state index >= 15 is 0 Å². The van der Waals surface area contributed by atoms with E-state index < -0.39 is 0 Å². The number of likely N-dealkylation sites (tertiary alicyclic amines) is 1. The molecule has 0 bridgehead atoms. The van der Waals surface area contributed by atoms with Crippen LogP contribution in [-0.4, -0.2) is 34.8 Å². The summed E-state index contributed by atoms with van der Waals surface area (Å²) in [5, 5.41) is 3.02. The molecule has 0 spiro atoms. The Bertz CT molecular complexity index is 797. The molecule has 136 valence electrons. The van der Waals surface area contributed by atoms with Gasteiger partial charge in [0, 0.05) is 42.8 Å². The van der Waals surface area contributed by atoms with Gasteiger partial charge in [0.15, 0.2) is 0 Å². The highest BCUT2D eigenvalue weighted by molar-refractivity contribution is 7.14. The van der Waals surface area contributed by atoms with Crippen LogP contribution in [-0.2, 0) is 24.2 Å². The van der Waals surface area contributed by atoms with E-state index in [0.29, 0.717) is 6.54 Å². The lowest BCUT2D eigenvalue weighted by Gasteiger charge is -2.21. The van der Waals surface area contributed by atoms with Gasteiger partial charge in [-0.05, 0) is 55.4 Å². The molecular weight excluding hydrogens is 346 g/mol.